The predicted octanol–water partition coefficient (Wildman–Crippen LogP) is 2.33. The highest BCUT2D eigenvalue weighted by Crippen LogP contribution is 2.24. The molecule has 0 bridgehead atoms. The highest BCUT2D eigenvalue weighted by atomic mass is 16.5. The third-order valence-corrected chi connectivity index (χ3v) is 7.26. The quantitative estimate of drug-likeness (QED) is 0.502. The van der Waals surface area contributed by atoms with E-state index in [1.807, 2.05) is 66.7 Å². The lowest BCUT2D eigenvalue weighted by Gasteiger charge is -2.39. The highest BCUT2D eigenvalue weighted by molar-refractivity contribution is 6.04. The van der Waals surface area contributed by atoms with Crippen LogP contribution in [0.4, 0.5) is 11.4 Å². The number of hydrogen-bond acceptors (Lipinski definition) is 6. The summed E-state index contributed by atoms with van der Waals surface area (Å²) in [4.78, 5) is 45.0. The smallest absolute Gasteiger partial charge is 0.243 e. The normalized spacial score (nSPS) is 18.2. The van der Waals surface area contributed by atoms with E-state index >= 15 is 0 Å². The Bertz CT molecular complexity index is 1300. The number of hydrogen-bond donors (Lipinski definition) is 2. The summed E-state index contributed by atoms with van der Waals surface area (Å²) >= 11 is 0. The van der Waals surface area contributed by atoms with Crippen LogP contribution in [0.15, 0.2) is 66.7 Å². The van der Waals surface area contributed by atoms with Crippen LogP contribution < -0.4 is 20.3 Å². The second-order valence-electron chi connectivity index (χ2n) is 9.63. The molecule has 198 valence electrons. The molecule has 0 radical (unpaired) electrons. The topological polar surface area (TPSA) is 94.2 Å². The summed E-state index contributed by atoms with van der Waals surface area (Å²) in [5.41, 5.74) is 1.82. The van der Waals surface area contributed by atoms with Gasteiger partial charge in [-0.2, -0.15) is 0 Å². The lowest BCUT2D eigenvalue weighted by Crippen LogP contribution is -2.60. The van der Waals surface area contributed by atoms with Crippen LogP contribution >= 0.6 is 0 Å². The first-order chi connectivity index (χ1) is 18.5. The van der Waals surface area contributed by atoms with Gasteiger partial charge in [0.05, 0.1) is 20.1 Å². The molecule has 9 nitrogen and oxygen atoms in total. The van der Waals surface area contributed by atoms with Gasteiger partial charge >= 0.3 is 0 Å². The molecule has 2 aliphatic heterocycles. The number of fused-ring (bicyclic) bond motifs is 1. The summed E-state index contributed by atoms with van der Waals surface area (Å²) < 4.78 is 5.24. The summed E-state index contributed by atoms with van der Waals surface area (Å²) in [7, 11) is 1.65. The van der Waals surface area contributed by atoms with Gasteiger partial charge in [-0.25, -0.2) is 0 Å². The molecule has 0 aromatic heterocycles. The van der Waals surface area contributed by atoms with Gasteiger partial charge in [0.15, 0.2) is 0 Å². The maximum Gasteiger partial charge on any atom is 0.243 e. The Kier molecular flexibility index (Phi) is 7.74. The van der Waals surface area contributed by atoms with Crippen LogP contribution in [0.3, 0.4) is 0 Å². The first-order valence-corrected chi connectivity index (χ1v) is 13.0. The third-order valence-electron chi connectivity index (χ3n) is 7.26. The molecule has 2 fully saturated rings. The zero-order chi connectivity index (χ0) is 26.5. The molecule has 0 saturated carbocycles. The Morgan fingerprint density at radius 2 is 1.68 bits per heavy atom. The van der Waals surface area contributed by atoms with Gasteiger partial charge < -0.3 is 25.2 Å². The lowest BCUT2D eigenvalue weighted by molar-refractivity contribution is -0.145. The zero-order valence-corrected chi connectivity index (χ0v) is 21.6. The fraction of sp³-hybridized carbons (Fsp3) is 0.345. The average Bonchev–Trinajstić information content (AvgIpc) is 2.95. The van der Waals surface area contributed by atoms with E-state index in [0.717, 1.165) is 48.4 Å². The van der Waals surface area contributed by atoms with Crippen molar-refractivity contribution in [3.63, 3.8) is 0 Å². The average molecular weight is 516 g/mol. The minimum Gasteiger partial charge on any atom is -0.497 e. The Morgan fingerprint density at radius 1 is 0.947 bits per heavy atom. The summed E-state index contributed by atoms with van der Waals surface area (Å²) in [6, 6.07) is 20.7. The number of nitrogens with zero attached hydrogens (tertiary/aromatic N) is 3. The first kappa shape index (κ1) is 25.5. The van der Waals surface area contributed by atoms with Gasteiger partial charge in [-0.15, -0.1) is 0 Å². The largest absolute Gasteiger partial charge is 0.497 e. The number of carbonyl (C=O) groups excluding carboxylic acids is 3. The van der Waals surface area contributed by atoms with E-state index < -0.39 is 6.04 Å². The van der Waals surface area contributed by atoms with Crippen molar-refractivity contribution in [1.82, 2.24) is 15.1 Å². The van der Waals surface area contributed by atoms with Crippen LogP contribution in [-0.2, 0) is 14.4 Å². The Balaban J connectivity index is 1.18. The van der Waals surface area contributed by atoms with E-state index in [-0.39, 0.29) is 30.7 Å². The standard InChI is InChI=1S/C29H33N5O4/c1-38-23-11-9-22(10-12-23)33-17-15-32(16-18-33)20-28(36)34-14-13-30-29(37)26(34)19-27(35)31-25-8-4-6-21-5-2-3-7-24(21)25/h2-12,26H,13-20H2,1H3,(H,30,37)(H,31,35)/t26-/m0/s1. The number of ether oxygens (including phenoxy) is 1. The van der Waals surface area contributed by atoms with Gasteiger partial charge in [-0.3, -0.25) is 19.3 Å². The SMILES string of the molecule is COc1ccc(N2CCN(CC(=O)N3CCNC(=O)[C@@H]3CC(=O)Nc3cccc4ccccc34)CC2)cc1. The first-order valence-electron chi connectivity index (χ1n) is 13.0. The molecule has 3 amide bonds. The highest BCUT2D eigenvalue weighted by Gasteiger charge is 2.35. The summed E-state index contributed by atoms with van der Waals surface area (Å²) in [6.45, 7) is 4.09. The number of nitrogens with one attached hydrogen (secondary N) is 2. The Labute approximate surface area is 222 Å². The monoisotopic (exact) mass is 515 g/mol. The van der Waals surface area contributed by atoms with Crippen LogP contribution in [0.5, 0.6) is 5.75 Å². The molecule has 38 heavy (non-hydrogen) atoms. The fourth-order valence-corrected chi connectivity index (χ4v) is 5.17. The molecule has 5 rings (SSSR count). The van der Waals surface area contributed by atoms with Gasteiger partial charge in [0.25, 0.3) is 0 Å². The number of piperazine rings is 2. The molecule has 0 unspecified atom stereocenters. The number of benzene rings is 3. The van der Waals surface area contributed by atoms with E-state index in [1.165, 1.54) is 0 Å². The molecule has 2 aliphatic rings. The van der Waals surface area contributed by atoms with Crippen molar-refractivity contribution in [3.8, 4) is 5.75 Å². The lowest BCUT2D eigenvalue weighted by atomic mass is 10.1. The van der Waals surface area contributed by atoms with E-state index in [2.05, 4.69) is 20.4 Å². The van der Waals surface area contributed by atoms with E-state index in [0.29, 0.717) is 18.8 Å². The van der Waals surface area contributed by atoms with Crippen LogP contribution in [-0.4, -0.2) is 86.5 Å². The number of methoxy groups -OCH3 is 1. The second-order valence-corrected chi connectivity index (χ2v) is 9.63. The molecule has 2 heterocycles. The minimum absolute atomic E-state index is 0.0912. The van der Waals surface area contributed by atoms with Crippen molar-refractivity contribution < 1.29 is 19.1 Å². The molecule has 1 atom stereocenters. The van der Waals surface area contributed by atoms with Crippen LogP contribution in [0.25, 0.3) is 10.8 Å². The maximum atomic E-state index is 13.3. The molecular weight excluding hydrogens is 482 g/mol. The van der Waals surface area contributed by atoms with E-state index in [9.17, 15) is 14.4 Å². The van der Waals surface area contributed by atoms with Crippen LogP contribution in [0.2, 0.25) is 0 Å². The second kappa shape index (κ2) is 11.5. The third kappa shape index (κ3) is 5.73. The van der Waals surface area contributed by atoms with Crippen LogP contribution in [0.1, 0.15) is 6.42 Å². The minimum atomic E-state index is -0.827. The van der Waals surface area contributed by atoms with Crippen molar-refractivity contribution in [2.75, 3.05) is 63.1 Å². The number of rotatable bonds is 7. The van der Waals surface area contributed by atoms with E-state index in [4.69, 9.17) is 4.74 Å². The van der Waals surface area contributed by atoms with Crippen molar-refractivity contribution >= 4 is 39.9 Å². The summed E-state index contributed by atoms with van der Waals surface area (Å²) in [5, 5.41) is 7.70. The summed E-state index contributed by atoms with van der Waals surface area (Å²) in [5.74, 6) is 0.112. The molecular formula is C29H33N5O4. The van der Waals surface area contributed by atoms with Gasteiger partial charge in [-0.1, -0.05) is 36.4 Å². The summed E-state index contributed by atoms with van der Waals surface area (Å²) in [6.07, 6.45) is -0.0912. The van der Waals surface area contributed by atoms with Crippen molar-refractivity contribution in [2.24, 2.45) is 0 Å². The van der Waals surface area contributed by atoms with Crippen molar-refractivity contribution in [1.29, 1.82) is 0 Å². The van der Waals surface area contributed by atoms with Crippen molar-refractivity contribution in [2.45, 2.75) is 12.5 Å². The molecule has 3 aromatic carbocycles. The molecule has 2 saturated heterocycles. The molecule has 3 aromatic rings. The Hall–Kier alpha value is -4.11. The van der Waals surface area contributed by atoms with Gasteiger partial charge in [0.2, 0.25) is 17.7 Å². The van der Waals surface area contributed by atoms with Gasteiger partial charge in [-0.05, 0) is 35.7 Å². The number of anilines is 2. The molecule has 0 aliphatic carbocycles. The Morgan fingerprint density at radius 3 is 2.45 bits per heavy atom. The molecule has 9 heteroatoms. The number of amides is 3. The molecule has 2 N–H and O–H groups in total. The van der Waals surface area contributed by atoms with Gasteiger partial charge in [0.1, 0.15) is 11.8 Å². The zero-order valence-electron chi connectivity index (χ0n) is 21.6. The van der Waals surface area contributed by atoms with Crippen molar-refractivity contribution in [3.05, 3.63) is 66.7 Å². The maximum absolute atomic E-state index is 13.3. The number of carbonyl (C=O) groups is 3. The van der Waals surface area contributed by atoms with E-state index in [1.54, 1.807) is 12.0 Å². The van der Waals surface area contributed by atoms with Gasteiger partial charge in [0, 0.05) is 56.0 Å². The predicted molar refractivity (Wildman–Crippen MR) is 147 cm³/mol. The van der Waals surface area contributed by atoms with Crippen LogP contribution in [0, 0.1) is 0 Å². The fourth-order valence-electron chi connectivity index (χ4n) is 5.17. The molecule has 0 spiro atoms.